The molecule has 0 aliphatic carbocycles. The van der Waals surface area contributed by atoms with Gasteiger partial charge in [-0.05, 0) is 13.0 Å². The monoisotopic (exact) mass is 270 g/mol. The molecule has 2 heterocycles. The molecule has 1 aromatic carbocycles. The van der Waals surface area contributed by atoms with Crippen molar-refractivity contribution in [3.8, 4) is 11.4 Å². The van der Waals surface area contributed by atoms with Crippen LogP contribution in [0.15, 0.2) is 39.7 Å². The number of aromatic nitrogens is 2. The van der Waals surface area contributed by atoms with Crippen molar-refractivity contribution in [1.82, 2.24) is 9.97 Å². The van der Waals surface area contributed by atoms with Crippen molar-refractivity contribution in [2.75, 3.05) is 0 Å². The first kappa shape index (κ1) is 12.2. The van der Waals surface area contributed by atoms with Crippen LogP contribution in [0.2, 0.25) is 0 Å². The van der Waals surface area contributed by atoms with Crippen LogP contribution < -0.4 is 5.56 Å². The quantitative estimate of drug-likeness (QED) is 0.744. The average molecular weight is 270 g/mol. The van der Waals surface area contributed by atoms with E-state index in [1.807, 2.05) is 18.2 Å². The Morgan fingerprint density at radius 1 is 1.35 bits per heavy atom. The number of hydrogen-bond donors (Lipinski definition) is 2. The zero-order valence-corrected chi connectivity index (χ0v) is 10.5. The molecule has 6 heteroatoms. The topological polar surface area (TPSA) is 96.2 Å². The Morgan fingerprint density at radius 2 is 2.10 bits per heavy atom. The van der Waals surface area contributed by atoms with E-state index >= 15 is 0 Å². The number of nitrogens with zero attached hydrogens (tertiary/aromatic N) is 1. The third-order valence-electron chi connectivity index (χ3n) is 3.05. The summed E-state index contributed by atoms with van der Waals surface area (Å²) in [5.74, 6) is -0.998. The minimum atomic E-state index is -1.29. The maximum atomic E-state index is 11.8. The van der Waals surface area contributed by atoms with Crippen molar-refractivity contribution in [3.63, 3.8) is 0 Å². The second-order valence-corrected chi connectivity index (χ2v) is 4.33. The van der Waals surface area contributed by atoms with Crippen LogP contribution in [0.25, 0.3) is 22.4 Å². The van der Waals surface area contributed by atoms with Crippen molar-refractivity contribution >= 4 is 16.9 Å². The van der Waals surface area contributed by atoms with E-state index in [1.165, 1.54) is 13.2 Å². The predicted molar refractivity (Wildman–Crippen MR) is 71.8 cm³/mol. The first-order valence-electron chi connectivity index (χ1n) is 5.88. The van der Waals surface area contributed by atoms with Crippen molar-refractivity contribution in [2.45, 2.75) is 6.92 Å². The number of benzene rings is 1. The highest BCUT2D eigenvalue weighted by atomic mass is 16.4. The lowest BCUT2D eigenvalue weighted by Gasteiger charge is -2.02. The van der Waals surface area contributed by atoms with Gasteiger partial charge in [0.2, 0.25) is 0 Å². The number of rotatable bonds is 2. The number of aryl methyl sites for hydroxylation is 1. The molecular weight excluding hydrogens is 260 g/mol. The molecule has 0 bridgehead atoms. The second-order valence-electron chi connectivity index (χ2n) is 4.33. The lowest BCUT2D eigenvalue weighted by atomic mass is 10.1. The number of nitrogens with one attached hydrogen (secondary N) is 1. The van der Waals surface area contributed by atoms with Gasteiger partial charge in [-0.15, -0.1) is 0 Å². The summed E-state index contributed by atoms with van der Waals surface area (Å²) in [6.07, 6.45) is 1.49. The third-order valence-corrected chi connectivity index (χ3v) is 3.05. The van der Waals surface area contributed by atoms with Crippen LogP contribution in [-0.2, 0) is 0 Å². The van der Waals surface area contributed by atoms with E-state index in [2.05, 4.69) is 9.97 Å². The SMILES string of the molecule is Cc1nc(-c2coc3ccccc23)[nH]c(=O)c1C(=O)O. The van der Waals surface area contributed by atoms with E-state index in [0.29, 0.717) is 17.0 Å². The highest BCUT2D eigenvalue weighted by Crippen LogP contribution is 2.27. The lowest BCUT2D eigenvalue weighted by Crippen LogP contribution is -2.21. The van der Waals surface area contributed by atoms with Crippen molar-refractivity contribution in [1.29, 1.82) is 0 Å². The number of aromatic carboxylic acids is 1. The van der Waals surface area contributed by atoms with Crippen LogP contribution in [0.1, 0.15) is 16.1 Å². The summed E-state index contributed by atoms with van der Waals surface area (Å²) in [7, 11) is 0. The van der Waals surface area contributed by atoms with E-state index in [4.69, 9.17) is 9.52 Å². The maximum absolute atomic E-state index is 11.8. The summed E-state index contributed by atoms with van der Waals surface area (Å²) in [6, 6.07) is 7.33. The normalized spacial score (nSPS) is 10.8. The summed E-state index contributed by atoms with van der Waals surface area (Å²) >= 11 is 0. The molecule has 0 radical (unpaired) electrons. The molecule has 3 aromatic rings. The van der Waals surface area contributed by atoms with Gasteiger partial charge in [0.1, 0.15) is 23.2 Å². The molecule has 0 saturated carbocycles. The number of para-hydroxylation sites is 1. The van der Waals surface area contributed by atoms with Gasteiger partial charge in [-0.3, -0.25) is 4.79 Å². The first-order valence-corrected chi connectivity index (χ1v) is 5.88. The fourth-order valence-electron chi connectivity index (χ4n) is 2.13. The molecule has 0 atom stereocenters. The fourth-order valence-corrected chi connectivity index (χ4v) is 2.13. The summed E-state index contributed by atoms with van der Waals surface area (Å²) < 4.78 is 5.38. The summed E-state index contributed by atoms with van der Waals surface area (Å²) in [5, 5.41) is 9.77. The summed E-state index contributed by atoms with van der Waals surface area (Å²) in [5.41, 5.74) is 0.441. The smallest absolute Gasteiger partial charge is 0.343 e. The Balaban J connectivity index is 2.26. The van der Waals surface area contributed by atoms with Gasteiger partial charge in [-0.1, -0.05) is 18.2 Å². The fraction of sp³-hybridized carbons (Fsp3) is 0.0714. The molecule has 0 saturated heterocycles. The zero-order valence-electron chi connectivity index (χ0n) is 10.5. The Kier molecular flexibility index (Phi) is 2.64. The van der Waals surface area contributed by atoms with Gasteiger partial charge in [0, 0.05) is 5.39 Å². The number of hydrogen-bond acceptors (Lipinski definition) is 4. The van der Waals surface area contributed by atoms with E-state index < -0.39 is 11.5 Å². The van der Waals surface area contributed by atoms with Gasteiger partial charge in [0.05, 0.1) is 11.3 Å². The number of carboxylic acids is 1. The van der Waals surface area contributed by atoms with Crippen LogP contribution in [0.5, 0.6) is 0 Å². The molecule has 0 fully saturated rings. The van der Waals surface area contributed by atoms with Gasteiger partial charge in [-0.25, -0.2) is 9.78 Å². The molecule has 0 spiro atoms. The van der Waals surface area contributed by atoms with E-state index in [1.54, 1.807) is 6.07 Å². The minimum Gasteiger partial charge on any atom is -0.477 e. The second kappa shape index (κ2) is 4.34. The number of aromatic amines is 1. The Bertz CT molecular complexity index is 876. The molecule has 100 valence electrons. The minimum absolute atomic E-state index is 0.168. The van der Waals surface area contributed by atoms with Gasteiger partial charge >= 0.3 is 5.97 Å². The van der Waals surface area contributed by atoms with Crippen LogP contribution in [0.3, 0.4) is 0 Å². The van der Waals surface area contributed by atoms with Gasteiger partial charge in [-0.2, -0.15) is 0 Å². The number of H-pyrrole nitrogens is 1. The highest BCUT2D eigenvalue weighted by Gasteiger charge is 2.17. The molecule has 0 aliphatic heterocycles. The predicted octanol–water partition coefficient (Wildman–Crippen LogP) is 2.19. The van der Waals surface area contributed by atoms with Crippen molar-refractivity contribution in [2.24, 2.45) is 0 Å². The number of furan rings is 1. The maximum Gasteiger partial charge on any atom is 0.343 e. The van der Waals surface area contributed by atoms with Gasteiger partial charge < -0.3 is 14.5 Å². The van der Waals surface area contributed by atoms with Crippen molar-refractivity contribution in [3.05, 3.63) is 52.1 Å². The van der Waals surface area contributed by atoms with Gasteiger partial charge in [0.25, 0.3) is 5.56 Å². The van der Waals surface area contributed by atoms with E-state index in [0.717, 1.165) is 5.39 Å². The molecule has 2 aromatic heterocycles. The Morgan fingerprint density at radius 3 is 2.80 bits per heavy atom. The molecule has 6 nitrogen and oxygen atoms in total. The molecule has 0 amide bonds. The largest absolute Gasteiger partial charge is 0.477 e. The Labute approximate surface area is 112 Å². The summed E-state index contributed by atoms with van der Waals surface area (Å²) in [4.78, 5) is 29.4. The van der Waals surface area contributed by atoms with E-state index in [-0.39, 0.29) is 11.3 Å². The van der Waals surface area contributed by atoms with Crippen LogP contribution in [-0.4, -0.2) is 21.0 Å². The average Bonchev–Trinajstić information content (AvgIpc) is 2.81. The lowest BCUT2D eigenvalue weighted by molar-refractivity contribution is 0.0693. The summed E-state index contributed by atoms with van der Waals surface area (Å²) in [6.45, 7) is 1.49. The van der Waals surface area contributed by atoms with Crippen LogP contribution in [0, 0.1) is 6.92 Å². The molecule has 0 aliphatic rings. The van der Waals surface area contributed by atoms with Crippen LogP contribution >= 0.6 is 0 Å². The highest BCUT2D eigenvalue weighted by molar-refractivity contribution is 5.92. The van der Waals surface area contributed by atoms with Gasteiger partial charge in [0.15, 0.2) is 0 Å². The number of carbonyl (C=O) groups is 1. The molecule has 0 unspecified atom stereocenters. The molecular formula is C14H10N2O4. The standard InChI is InChI=1S/C14H10N2O4/c1-7-11(14(18)19)13(17)16-12(15-7)9-6-20-10-5-3-2-4-8(9)10/h2-6H,1H3,(H,18,19)(H,15,16,17). The molecule has 2 N–H and O–H groups in total. The third kappa shape index (κ3) is 1.78. The zero-order chi connectivity index (χ0) is 14.3. The Hall–Kier alpha value is -2.89. The number of fused-ring (bicyclic) bond motifs is 1. The first-order chi connectivity index (χ1) is 9.58. The number of carboxylic acid groups (broad SMARTS) is 1. The molecule has 3 rings (SSSR count). The van der Waals surface area contributed by atoms with Crippen LogP contribution in [0.4, 0.5) is 0 Å². The van der Waals surface area contributed by atoms with E-state index in [9.17, 15) is 9.59 Å². The van der Waals surface area contributed by atoms with Crippen molar-refractivity contribution < 1.29 is 14.3 Å². The molecule has 20 heavy (non-hydrogen) atoms.